The van der Waals surface area contributed by atoms with Crippen LogP contribution in [0.4, 0.5) is 36.3 Å². The lowest BCUT2D eigenvalue weighted by atomic mass is 9.90. The number of ether oxygens (including phenoxy) is 1. The second kappa shape index (κ2) is 11.5. The Morgan fingerprint density at radius 1 is 1.24 bits per heavy atom. The summed E-state index contributed by atoms with van der Waals surface area (Å²) in [5, 5.41) is 8.36. The highest BCUT2D eigenvalue weighted by Gasteiger charge is 2.39. The first kappa shape index (κ1) is 28.4. The number of amides is 1. The van der Waals surface area contributed by atoms with E-state index in [-0.39, 0.29) is 18.4 Å². The first-order valence-corrected chi connectivity index (χ1v) is 13.6. The van der Waals surface area contributed by atoms with Crippen LogP contribution in [0.2, 0.25) is 0 Å². The predicted molar refractivity (Wildman–Crippen MR) is 135 cm³/mol. The number of rotatable bonds is 9. The first-order chi connectivity index (χ1) is 17.3. The number of nitrogens with one attached hydrogen (secondary N) is 3. The van der Waals surface area contributed by atoms with Gasteiger partial charge in [-0.1, -0.05) is 19.8 Å². The minimum Gasteiger partial charge on any atom is -0.494 e. The van der Waals surface area contributed by atoms with E-state index in [4.69, 9.17) is 4.74 Å². The SMILES string of the molecule is CCN([C@@H]1CCCC[C@H]1Nc1nc(Nc2ccc(NC(C)=O)c(OC)c2)ncc1C(F)(F)F)S(C)(=O)=O. The normalized spacial score (nSPS) is 18.4. The zero-order chi connectivity index (χ0) is 27.4. The van der Waals surface area contributed by atoms with Gasteiger partial charge in [0.05, 0.1) is 19.1 Å². The summed E-state index contributed by atoms with van der Waals surface area (Å²) in [6.07, 6.45) is -0.413. The Hall–Kier alpha value is -3.13. The molecular formula is C23H31F3N6O4S. The summed E-state index contributed by atoms with van der Waals surface area (Å²) in [5.74, 6) is -0.504. The van der Waals surface area contributed by atoms with Crippen LogP contribution in [-0.4, -0.2) is 60.6 Å². The van der Waals surface area contributed by atoms with E-state index in [9.17, 15) is 26.4 Å². The summed E-state index contributed by atoms with van der Waals surface area (Å²) in [7, 11) is -2.14. The maximum atomic E-state index is 13.8. The summed E-state index contributed by atoms with van der Waals surface area (Å²) in [6.45, 7) is 3.26. The van der Waals surface area contributed by atoms with Crippen LogP contribution in [0.25, 0.3) is 0 Å². The Bertz CT molecular complexity index is 1230. The van der Waals surface area contributed by atoms with Crippen LogP contribution in [0.5, 0.6) is 5.75 Å². The third kappa shape index (κ3) is 7.22. The first-order valence-electron chi connectivity index (χ1n) is 11.7. The topological polar surface area (TPSA) is 126 Å². The third-order valence-corrected chi connectivity index (χ3v) is 7.40. The number of nitrogens with zero attached hydrogens (tertiary/aromatic N) is 3. The number of benzene rings is 1. The molecule has 1 aromatic carbocycles. The molecule has 0 bridgehead atoms. The average Bonchev–Trinajstić information content (AvgIpc) is 2.80. The molecule has 0 radical (unpaired) electrons. The van der Waals surface area contributed by atoms with Crippen molar-refractivity contribution in [1.29, 1.82) is 0 Å². The molecular weight excluding hydrogens is 513 g/mol. The number of alkyl halides is 3. The zero-order valence-electron chi connectivity index (χ0n) is 21.0. The highest BCUT2D eigenvalue weighted by Crippen LogP contribution is 2.36. The maximum absolute atomic E-state index is 13.8. The van der Waals surface area contributed by atoms with E-state index in [1.165, 1.54) is 18.3 Å². The summed E-state index contributed by atoms with van der Waals surface area (Å²) in [6, 6.07) is 3.63. The van der Waals surface area contributed by atoms with Gasteiger partial charge >= 0.3 is 6.18 Å². The molecule has 1 saturated carbocycles. The number of likely N-dealkylation sites (N-methyl/N-ethyl adjacent to an activating group) is 1. The lowest BCUT2D eigenvalue weighted by Crippen LogP contribution is -2.51. The molecule has 0 spiro atoms. The molecule has 37 heavy (non-hydrogen) atoms. The number of hydrogen-bond acceptors (Lipinski definition) is 8. The predicted octanol–water partition coefficient (Wildman–Crippen LogP) is 4.21. The zero-order valence-corrected chi connectivity index (χ0v) is 21.8. The van der Waals surface area contributed by atoms with Crippen LogP contribution in [0.1, 0.15) is 45.1 Å². The fraction of sp³-hybridized carbons (Fsp3) is 0.522. The Morgan fingerprint density at radius 2 is 1.95 bits per heavy atom. The van der Waals surface area contributed by atoms with E-state index in [1.54, 1.807) is 25.1 Å². The summed E-state index contributed by atoms with van der Waals surface area (Å²) < 4.78 is 72.7. The molecule has 204 valence electrons. The quantitative estimate of drug-likeness (QED) is 0.429. The molecule has 1 amide bonds. The van der Waals surface area contributed by atoms with Crippen molar-refractivity contribution in [1.82, 2.24) is 14.3 Å². The monoisotopic (exact) mass is 544 g/mol. The Kier molecular flexibility index (Phi) is 8.84. The lowest BCUT2D eigenvalue weighted by Gasteiger charge is -2.39. The van der Waals surface area contributed by atoms with Crippen molar-refractivity contribution < 1.29 is 31.1 Å². The smallest absolute Gasteiger partial charge is 0.421 e. The summed E-state index contributed by atoms with van der Waals surface area (Å²) >= 11 is 0. The van der Waals surface area contributed by atoms with Gasteiger partial charge in [-0.05, 0) is 25.0 Å². The molecule has 0 aliphatic heterocycles. The van der Waals surface area contributed by atoms with Crippen molar-refractivity contribution in [2.45, 2.75) is 57.8 Å². The largest absolute Gasteiger partial charge is 0.494 e. The standard InChI is InChI=1S/C23H31F3N6O4S/c1-5-32(37(4,34)35)19-9-7-6-8-17(19)30-21-16(23(24,25)26)13-27-22(31-21)29-15-10-11-18(28-14(2)33)20(12-15)36-3/h10-13,17,19H,5-9H2,1-4H3,(H,28,33)(H2,27,29,30,31)/t17-,19-/m1/s1. The number of sulfonamides is 1. The van der Waals surface area contributed by atoms with Crippen molar-refractivity contribution in [3.8, 4) is 5.75 Å². The molecule has 14 heteroatoms. The highest BCUT2D eigenvalue weighted by atomic mass is 32.2. The molecule has 1 fully saturated rings. The molecule has 1 aromatic heterocycles. The number of anilines is 4. The van der Waals surface area contributed by atoms with Crippen LogP contribution in [0.15, 0.2) is 24.4 Å². The van der Waals surface area contributed by atoms with Crippen LogP contribution < -0.4 is 20.7 Å². The average molecular weight is 545 g/mol. The van der Waals surface area contributed by atoms with Gasteiger partial charge in [0.1, 0.15) is 17.1 Å². The van der Waals surface area contributed by atoms with E-state index in [0.717, 1.165) is 19.1 Å². The number of halogens is 3. The fourth-order valence-electron chi connectivity index (χ4n) is 4.47. The van der Waals surface area contributed by atoms with Crippen molar-refractivity contribution in [2.75, 3.05) is 35.9 Å². The molecule has 1 aliphatic carbocycles. The fourth-order valence-corrected chi connectivity index (χ4v) is 5.68. The number of hydrogen-bond donors (Lipinski definition) is 3. The lowest BCUT2D eigenvalue weighted by molar-refractivity contribution is -0.137. The molecule has 0 saturated heterocycles. The van der Waals surface area contributed by atoms with Gasteiger partial charge in [0.15, 0.2) is 0 Å². The highest BCUT2D eigenvalue weighted by molar-refractivity contribution is 7.88. The summed E-state index contributed by atoms with van der Waals surface area (Å²) in [4.78, 5) is 19.3. The Balaban J connectivity index is 1.94. The Morgan fingerprint density at radius 3 is 2.54 bits per heavy atom. The van der Waals surface area contributed by atoms with E-state index in [1.807, 2.05) is 0 Å². The van der Waals surface area contributed by atoms with Crippen molar-refractivity contribution in [3.63, 3.8) is 0 Å². The minimum atomic E-state index is -4.73. The maximum Gasteiger partial charge on any atom is 0.421 e. The van der Waals surface area contributed by atoms with Crippen LogP contribution in [0, 0.1) is 0 Å². The molecule has 2 atom stereocenters. The number of aromatic nitrogens is 2. The molecule has 3 N–H and O–H groups in total. The molecule has 3 rings (SSSR count). The van der Waals surface area contributed by atoms with Gasteiger partial charge < -0.3 is 20.7 Å². The molecule has 0 unspecified atom stereocenters. The van der Waals surface area contributed by atoms with Gasteiger partial charge in [0.2, 0.25) is 21.9 Å². The van der Waals surface area contributed by atoms with Crippen molar-refractivity contribution >= 4 is 39.1 Å². The van der Waals surface area contributed by atoms with E-state index in [0.29, 0.717) is 36.2 Å². The van der Waals surface area contributed by atoms with Crippen LogP contribution >= 0.6 is 0 Å². The van der Waals surface area contributed by atoms with Gasteiger partial charge in [0, 0.05) is 43.5 Å². The van der Waals surface area contributed by atoms with Crippen molar-refractivity contribution in [3.05, 3.63) is 30.0 Å². The molecule has 2 aromatic rings. The van der Waals surface area contributed by atoms with Gasteiger partial charge in [-0.3, -0.25) is 4.79 Å². The van der Waals surface area contributed by atoms with Gasteiger partial charge in [-0.15, -0.1) is 0 Å². The van der Waals surface area contributed by atoms with E-state index in [2.05, 4.69) is 25.9 Å². The summed E-state index contributed by atoms with van der Waals surface area (Å²) in [5.41, 5.74) is -0.212. The number of carbonyl (C=O) groups is 1. The van der Waals surface area contributed by atoms with Crippen LogP contribution in [0.3, 0.4) is 0 Å². The van der Waals surface area contributed by atoms with Crippen molar-refractivity contribution in [2.24, 2.45) is 0 Å². The number of methoxy groups -OCH3 is 1. The Labute approximate surface area is 214 Å². The third-order valence-electron chi connectivity index (χ3n) is 6.02. The minimum absolute atomic E-state index is 0.104. The van der Waals surface area contributed by atoms with E-state index >= 15 is 0 Å². The molecule has 1 aliphatic rings. The number of carbonyl (C=O) groups excluding carboxylic acids is 1. The van der Waals surface area contributed by atoms with Gasteiger partial charge in [-0.25, -0.2) is 13.4 Å². The second-order valence-corrected chi connectivity index (χ2v) is 10.7. The second-order valence-electron chi connectivity index (χ2n) is 8.74. The van der Waals surface area contributed by atoms with Crippen LogP contribution in [-0.2, 0) is 21.0 Å². The van der Waals surface area contributed by atoms with Gasteiger partial charge in [0.25, 0.3) is 0 Å². The van der Waals surface area contributed by atoms with Gasteiger partial charge in [-0.2, -0.15) is 22.5 Å². The molecule has 10 nitrogen and oxygen atoms in total. The van der Waals surface area contributed by atoms with E-state index < -0.39 is 39.7 Å². The molecule has 1 heterocycles.